The van der Waals surface area contributed by atoms with Gasteiger partial charge in [-0.15, -0.1) is 0 Å². The minimum atomic E-state index is -0.288. The van der Waals surface area contributed by atoms with Crippen LogP contribution in [0.4, 0.5) is 5.69 Å². The summed E-state index contributed by atoms with van der Waals surface area (Å²) in [7, 11) is 0. The van der Waals surface area contributed by atoms with Crippen LogP contribution in [0.15, 0.2) is 51.7 Å². The topological polar surface area (TPSA) is 81.0 Å². The van der Waals surface area contributed by atoms with Gasteiger partial charge < -0.3 is 10.5 Å². The smallest absolute Gasteiger partial charge is 0.302 e. The maximum atomic E-state index is 12.0. The second kappa shape index (κ2) is 4.97. The lowest BCUT2D eigenvalue weighted by Crippen LogP contribution is -2.09. The summed E-state index contributed by atoms with van der Waals surface area (Å²) < 4.78 is 6.36. The third kappa shape index (κ3) is 2.37. The molecule has 0 aliphatic rings. The van der Waals surface area contributed by atoms with Crippen LogP contribution >= 0.6 is 15.9 Å². The maximum absolute atomic E-state index is 12.0. The number of hydrogen-bond donors (Lipinski definition) is 2. The summed E-state index contributed by atoms with van der Waals surface area (Å²) in [5, 5.41) is 0.435. The van der Waals surface area contributed by atoms with Crippen molar-refractivity contribution in [3.05, 3.63) is 57.3 Å². The average molecular weight is 332 g/mol. The lowest BCUT2D eigenvalue weighted by Gasteiger charge is -2.07. The standard InChI is InChI=1S/C14H10BrN3O2/c15-10-3-1-2-4-12(10)20-14-17-11-6-5-8(16)7-9(11)13(19)18-14/h1-7H,16H2,(H,17,18,19). The molecule has 5 nitrogen and oxygen atoms in total. The van der Waals surface area contributed by atoms with E-state index in [0.29, 0.717) is 22.3 Å². The van der Waals surface area contributed by atoms with E-state index in [1.807, 2.05) is 18.2 Å². The Hall–Kier alpha value is -2.34. The third-order valence-electron chi connectivity index (χ3n) is 2.75. The molecule has 0 unspecified atom stereocenters. The SMILES string of the molecule is Nc1ccc2nc(Oc3ccccc3Br)[nH]c(=O)c2c1. The van der Waals surface area contributed by atoms with Crippen molar-refractivity contribution in [3.8, 4) is 11.8 Å². The van der Waals surface area contributed by atoms with Crippen LogP contribution < -0.4 is 16.0 Å². The van der Waals surface area contributed by atoms with E-state index in [4.69, 9.17) is 10.5 Å². The molecule has 0 fully saturated rings. The maximum Gasteiger partial charge on any atom is 0.302 e. The van der Waals surface area contributed by atoms with Crippen LogP contribution in [-0.2, 0) is 0 Å². The molecule has 0 bridgehead atoms. The molecule has 1 aromatic heterocycles. The highest BCUT2D eigenvalue weighted by atomic mass is 79.9. The predicted octanol–water partition coefficient (Wildman–Crippen LogP) is 3.06. The molecule has 20 heavy (non-hydrogen) atoms. The number of anilines is 1. The summed E-state index contributed by atoms with van der Waals surface area (Å²) in [6.07, 6.45) is 0. The van der Waals surface area contributed by atoms with Gasteiger partial charge in [-0.2, -0.15) is 4.98 Å². The van der Waals surface area contributed by atoms with E-state index in [2.05, 4.69) is 25.9 Å². The van der Waals surface area contributed by atoms with Crippen LogP contribution in [0.5, 0.6) is 11.8 Å². The van der Waals surface area contributed by atoms with Gasteiger partial charge in [-0.1, -0.05) is 12.1 Å². The van der Waals surface area contributed by atoms with E-state index in [0.717, 1.165) is 4.47 Å². The number of H-pyrrole nitrogens is 1. The Morgan fingerprint density at radius 1 is 1.20 bits per heavy atom. The van der Waals surface area contributed by atoms with E-state index in [1.165, 1.54) is 0 Å². The molecule has 0 atom stereocenters. The monoisotopic (exact) mass is 331 g/mol. The van der Waals surface area contributed by atoms with E-state index in [-0.39, 0.29) is 11.6 Å². The van der Waals surface area contributed by atoms with Gasteiger partial charge in [0.25, 0.3) is 5.56 Å². The van der Waals surface area contributed by atoms with Crippen molar-refractivity contribution in [3.63, 3.8) is 0 Å². The number of nitrogen functional groups attached to an aromatic ring is 1. The molecule has 0 saturated heterocycles. The van der Waals surface area contributed by atoms with Crippen molar-refractivity contribution in [2.45, 2.75) is 0 Å². The number of rotatable bonds is 2. The summed E-state index contributed by atoms with van der Waals surface area (Å²) in [6, 6.07) is 12.4. The van der Waals surface area contributed by atoms with Gasteiger partial charge >= 0.3 is 6.01 Å². The molecule has 0 spiro atoms. The number of nitrogens with two attached hydrogens (primary N) is 1. The summed E-state index contributed by atoms with van der Waals surface area (Å²) >= 11 is 3.37. The summed E-state index contributed by atoms with van der Waals surface area (Å²) in [5.74, 6) is 0.574. The number of hydrogen-bond acceptors (Lipinski definition) is 4. The van der Waals surface area contributed by atoms with Crippen LogP contribution in [-0.4, -0.2) is 9.97 Å². The number of para-hydroxylation sites is 1. The van der Waals surface area contributed by atoms with E-state index in [1.54, 1.807) is 24.3 Å². The molecule has 1 heterocycles. The quantitative estimate of drug-likeness (QED) is 0.707. The first kappa shape index (κ1) is 12.7. The van der Waals surface area contributed by atoms with E-state index in [9.17, 15) is 4.79 Å². The van der Waals surface area contributed by atoms with Gasteiger partial charge in [-0.3, -0.25) is 9.78 Å². The van der Waals surface area contributed by atoms with Crippen LogP contribution in [0.1, 0.15) is 0 Å². The average Bonchev–Trinajstić information content (AvgIpc) is 2.42. The zero-order valence-corrected chi connectivity index (χ0v) is 11.8. The highest BCUT2D eigenvalue weighted by Crippen LogP contribution is 2.27. The molecule has 6 heteroatoms. The first-order valence-electron chi connectivity index (χ1n) is 5.85. The van der Waals surface area contributed by atoms with Gasteiger partial charge in [0.2, 0.25) is 0 Å². The van der Waals surface area contributed by atoms with Crippen LogP contribution in [0.25, 0.3) is 10.9 Å². The van der Waals surface area contributed by atoms with Gasteiger partial charge in [-0.25, -0.2) is 0 Å². The van der Waals surface area contributed by atoms with Gasteiger partial charge in [-0.05, 0) is 46.3 Å². The molecule has 0 saturated carbocycles. The van der Waals surface area contributed by atoms with Crippen molar-refractivity contribution >= 4 is 32.5 Å². The van der Waals surface area contributed by atoms with Crippen LogP contribution in [0.2, 0.25) is 0 Å². The molecule has 2 aromatic carbocycles. The zero-order valence-electron chi connectivity index (χ0n) is 10.3. The third-order valence-corrected chi connectivity index (χ3v) is 3.41. The van der Waals surface area contributed by atoms with Gasteiger partial charge in [0.15, 0.2) is 0 Å². The largest absolute Gasteiger partial charge is 0.424 e. The normalized spacial score (nSPS) is 10.7. The first-order valence-corrected chi connectivity index (χ1v) is 6.65. The molecule has 0 aliphatic heterocycles. The van der Waals surface area contributed by atoms with Crippen molar-refractivity contribution in [1.29, 1.82) is 0 Å². The van der Waals surface area contributed by atoms with Crippen molar-refractivity contribution in [2.75, 3.05) is 5.73 Å². The summed E-state index contributed by atoms with van der Waals surface area (Å²) in [5.41, 5.74) is 6.42. The van der Waals surface area contributed by atoms with Crippen molar-refractivity contribution in [2.24, 2.45) is 0 Å². The number of aromatic amines is 1. The number of halogens is 1. The first-order chi connectivity index (χ1) is 9.63. The van der Waals surface area contributed by atoms with Crippen molar-refractivity contribution in [1.82, 2.24) is 9.97 Å². The number of benzene rings is 2. The van der Waals surface area contributed by atoms with Gasteiger partial charge in [0.1, 0.15) is 5.75 Å². The van der Waals surface area contributed by atoms with E-state index < -0.39 is 0 Å². The number of fused-ring (bicyclic) bond motifs is 1. The number of nitrogens with one attached hydrogen (secondary N) is 1. The Morgan fingerprint density at radius 3 is 2.80 bits per heavy atom. The second-order valence-electron chi connectivity index (χ2n) is 4.18. The molecule has 0 amide bonds. The lowest BCUT2D eigenvalue weighted by molar-refractivity contribution is 0.440. The molecule has 3 aromatic rings. The highest BCUT2D eigenvalue weighted by Gasteiger charge is 2.07. The Morgan fingerprint density at radius 2 is 2.00 bits per heavy atom. The fraction of sp³-hybridized carbons (Fsp3) is 0. The molecule has 0 aliphatic carbocycles. The molecular weight excluding hydrogens is 322 g/mol. The number of ether oxygens (including phenoxy) is 1. The fourth-order valence-corrected chi connectivity index (χ4v) is 2.18. The molecule has 3 N–H and O–H groups in total. The molecule has 3 rings (SSSR count). The Bertz CT molecular complexity index is 845. The Labute approximate surface area is 122 Å². The summed E-state index contributed by atoms with van der Waals surface area (Å²) in [4.78, 5) is 18.8. The predicted molar refractivity (Wildman–Crippen MR) is 81.0 cm³/mol. The van der Waals surface area contributed by atoms with Gasteiger partial charge in [0.05, 0.1) is 15.4 Å². The zero-order chi connectivity index (χ0) is 14.1. The highest BCUT2D eigenvalue weighted by molar-refractivity contribution is 9.10. The fourth-order valence-electron chi connectivity index (χ4n) is 1.81. The number of nitrogens with zero attached hydrogens (tertiary/aromatic N) is 1. The lowest BCUT2D eigenvalue weighted by atomic mass is 10.2. The Kier molecular flexibility index (Phi) is 3.15. The van der Waals surface area contributed by atoms with E-state index >= 15 is 0 Å². The van der Waals surface area contributed by atoms with Gasteiger partial charge in [0, 0.05) is 5.69 Å². The Balaban J connectivity index is 2.08. The van der Waals surface area contributed by atoms with Crippen LogP contribution in [0.3, 0.4) is 0 Å². The molecular formula is C14H10BrN3O2. The second-order valence-corrected chi connectivity index (χ2v) is 5.03. The van der Waals surface area contributed by atoms with Crippen LogP contribution in [0, 0.1) is 0 Å². The summed E-state index contributed by atoms with van der Waals surface area (Å²) in [6.45, 7) is 0. The number of aromatic nitrogens is 2. The minimum absolute atomic E-state index is 0.138. The molecule has 100 valence electrons. The molecule has 0 radical (unpaired) electrons. The minimum Gasteiger partial charge on any atom is -0.424 e. The van der Waals surface area contributed by atoms with Crippen molar-refractivity contribution < 1.29 is 4.74 Å².